The van der Waals surface area contributed by atoms with Gasteiger partial charge in [0.05, 0.1) is 12.6 Å². The number of amides is 1. The molecule has 1 N–H and O–H groups in total. The van der Waals surface area contributed by atoms with Crippen molar-refractivity contribution < 1.29 is 9.53 Å². The molecule has 1 heterocycles. The molecule has 4 nitrogen and oxygen atoms in total. The summed E-state index contributed by atoms with van der Waals surface area (Å²) < 4.78 is 5.19. The summed E-state index contributed by atoms with van der Waals surface area (Å²) in [4.78, 5) is 15.1. The normalized spacial score (nSPS) is 17.5. The molecule has 132 valence electrons. The van der Waals surface area contributed by atoms with Gasteiger partial charge in [-0.15, -0.1) is 0 Å². The number of aryl methyl sites for hydroxylation is 1. The summed E-state index contributed by atoms with van der Waals surface area (Å²) >= 11 is 0. The van der Waals surface area contributed by atoms with Crippen LogP contribution in [0.1, 0.15) is 40.0 Å². The molecule has 1 aliphatic rings. The second kappa shape index (κ2) is 8.28. The summed E-state index contributed by atoms with van der Waals surface area (Å²) in [5, 5.41) is 3.42. The van der Waals surface area contributed by atoms with Crippen molar-refractivity contribution >= 4 is 5.91 Å². The van der Waals surface area contributed by atoms with Gasteiger partial charge in [0, 0.05) is 32.3 Å². The van der Waals surface area contributed by atoms with Gasteiger partial charge in [0.1, 0.15) is 0 Å². The Morgan fingerprint density at radius 2 is 2.00 bits per heavy atom. The largest absolute Gasteiger partial charge is 0.380 e. The van der Waals surface area contributed by atoms with Crippen LogP contribution in [-0.4, -0.2) is 37.6 Å². The Hall–Kier alpha value is -2.17. The number of hydrogen-bond acceptors (Lipinski definition) is 3. The summed E-state index contributed by atoms with van der Waals surface area (Å²) in [6.45, 7) is 5.00. The van der Waals surface area contributed by atoms with Crippen LogP contribution in [0.5, 0.6) is 0 Å². The molecule has 1 fully saturated rings. The van der Waals surface area contributed by atoms with Crippen LogP contribution in [-0.2, 0) is 17.8 Å². The van der Waals surface area contributed by atoms with E-state index in [1.54, 1.807) is 7.11 Å². The summed E-state index contributed by atoms with van der Waals surface area (Å²) in [5.41, 5.74) is 4.25. The lowest BCUT2D eigenvalue weighted by atomic mass is 9.99. The lowest BCUT2D eigenvalue weighted by Gasteiger charge is -2.36. The molecule has 0 aliphatic carbocycles. The molecular formula is C21H26N2O2. The zero-order valence-corrected chi connectivity index (χ0v) is 15.0. The van der Waals surface area contributed by atoms with Gasteiger partial charge in [-0.25, -0.2) is 0 Å². The van der Waals surface area contributed by atoms with Gasteiger partial charge >= 0.3 is 0 Å². The van der Waals surface area contributed by atoms with E-state index in [0.717, 1.165) is 30.6 Å². The molecule has 1 saturated heterocycles. The number of rotatable bonds is 5. The molecule has 1 atom stereocenters. The van der Waals surface area contributed by atoms with Gasteiger partial charge in [-0.3, -0.25) is 4.79 Å². The van der Waals surface area contributed by atoms with Crippen molar-refractivity contribution in [2.45, 2.75) is 26.0 Å². The Kier molecular flexibility index (Phi) is 5.84. The lowest BCUT2D eigenvalue weighted by Crippen LogP contribution is -2.48. The van der Waals surface area contributed by atoms with Gasteiger partial charge in [0.25, 0.3) is 5.91 Å². The number of nitrogens with zero attached hydrogens (tertiary/aromatic N) is 1. The SMILES string of the molecule is CCc1ccc(C2CNCCN2C(=O)c2cccc(COC)c2)cc1. The third-order valence-electron chi connectivity index (χ3n) is 4.76. The van der Waals surface area contributed by atoms with Crippen LogP contribution in [0.25, 0.3) is 0 Å². The fraction of sp³-hybridized carbons (Fsp3) is 0.381. The van der Waals surface area contributed by atoms with E-state index in [0.29, 0.717) is 13.2 Å². The van der Waals surface area contributed by atoms with E-state index in [2.05, 4.69) is 36.5 Å². The third kappa shape index (κ3) is 4.09. The average Bonchev–Trinajstić information content (AvgIpc) is 2.68. The van der Waals surface area contributed by atoms with E-state index < -0.39 is 0 Å². The Morgan fingerprint density at radius 3 is 2.72 bits per heavy atom. The van der Waals surface area contributed by atoms with Crippen LogP contribution in [0.15, 0.2) is 48.5 Å². The molecule has 3 rings (SSSR count). The number of nitrogens with one attached hydrogen (secondary N) is 1. The van der Waals surface area contributed by atoms with Crippen LogP contribution in [0.3, 0.4) is 0 Å². The highest BCUT2D eigenvalue weighted by atomic mass is 16.5. The number of benzene rings is 2. The summed E-state index contributed by atoms with van der Waals surface area (Å²) in [6.07, 6.45) is 1.03. The number of carbonyl (C=O) groups excluding carboxylic acids is 1. The maximum Gasteiger partial charge on any atom is 0.254 e. The zero-order chi connectivity index (χ0) is 17.6. The van der Waals surface area contributed by atoms with Crippen molar-refractivity contribution in [1.29, 1.82) is 0 Å². The van der Waals surface area contributed by atoms with Crippen LogP contribution in [0.4, 0.5) is 0 Å². The van der Waals surface area contributed by atoms with Crippen molar-refractivity contribution in [2.75, 3.05) is 26.7 Å². The number of piperazine rings is 1. The predicted molar refractivity (Wildman–Crippen MR) is 99.6 cm³/mol. The summed E-state index contributed by atoms with van der Waals surface area (Å²) in [6, 6.07) is 16.4. The summed E-state index contributed by atoms with van der Waals surface area (Å²) in [5.74, 6) is 0.0871. The minimum Gasteiger partial charge on any atom is -0.380 e. The first kappa shape index (κ1) is 17.6. The highest BCUT2D eigenvalue weighted by Crippen LogP contribution is 2.25. The Labute approximate surface area is 149 Å². The van der Waals surface area contributed by atoms with Crippen LogP contribution < -0.4 is 5.32 Å². The highest BCUT2D eigenvalue weighted by Gasteiger charge is 2.28. The van der Waals surface area contributed by atoms with Gasteiger partial charge in [-0.2, -0.15) is 0 Å². The molecule has 0 spiro atoms. The molecule has 25 heavy (non-hydrogen) atoms. The standard InChI is InChI=1S/C21H26N2O2/c1-3-16-7-9-18(10-8-16)20-14-22-11-12-23(20)21(24)19-6-4-5-17(13-19)15-25-2/h4-10,13,20,22H,3,11-12,14-15H2,1-2H3. The molecule has 0 aromatic heterocycles. The average molecular weight is 338 g/mol. The molecule has 0 radical (unpaired) electrons. The van der Waals surface area contributed by atoms with E-state index in [1.807, 2.05) is 29.2 Å². The van der Waals surface area contributed by atoms with Gasteiger partial charge in [-0.1, -0.05) is 43.3 Å². The number of hydrogen-bond donors (Lipinski definition) is 1. The first-order valence-electron chi connectivity index (χ1n) is 8.91. The van der Waals surface area contributed by atoms with Gasteiger partial charge in [0.2, 0.25) is 0 Å². The number of methoxy groups -OCH3 is 1. The monoisotopic (exact) mass is 338 g/mol. The second-order valence-corrected chi connectivity index (χ2v) is 6.45. The molecule has 4 heteroatoms. The topological polar surface area (TPSA) is 41.6 Å². The van der Waals surface area contributed by atoms with Crippen LogP contribution in [0.2, 0.25) is 0 Å². The van der Waals surface area contributed by atoms with Crippen molar-refractivity contribution in [3.63, 3.8) is 0 Å². The molecule has 2 aromatic rings. The number of ether oxygens (including phenoxy) is 1. The fourth-order valence-corrected chi connectivity index (χ4v) is 3.35. The van der Waals surface area contributed by atoms with Crippen molar-refractivity contribution in [1.82, 2.24) is 10.2 Å². The third-order valence-corrected chi connectivity index (χ3v) is 4.76. The molecule has 0 saturated carbocycles. The first-order valence-corrected chi connectivity index (χ1v) is 8.91. The second-order valence-electron chi connectivity index (χ2n) is 6.45. The maximum absolute atomic E-state index is 13.1. The smallest absolute Gasteiger partial charge is 0.254 e. The highest BCUT2D eigenvalue weighted by molar-refractivity contribution is 5.94. The van der Waals surface area contributed by atoms with E-state index >= 15 is 0 Å². The Morgan fingerprint density at radius 1 is 1.20 bits per heavy atom. The lowest BCUT2D eigenvalue weighted by molar-refractivity contribution is 0.0634. The van der Waals surface area contributed by atoms with E-state index in [1.165, 1.54) is 11.1 Å². The molecule has 1 unspecified atom stereocenters. The van der Waals surface area contributed by atoms with E-state index in [-0.39, 0.29) is 11.9 Å². The fourth-order valence-electron chi connectivity index (χ4n) is 3.35. The minimum absolute atomic E-state index is 0.0678. The molecule has 0 bridgehead atoms. The van der Waals surface area contributed by atoms with Crippen molar-refractivity contribution in [2.24, 2.45) is 0 Å². The molecular weight excluding hydrogens is 312 g/mol. The van der Waals surface area contributed by atoms with E-state index in [9.17, 15) is 4.79 Å². The Bertz CT molecular complexity index is 712. The Balaban J connectivity index is 1.84. The molecule has 1 aliphatic heterocycles. The van der Waals surface area contributed by atoms with E-state index in [4.69, 9.17) is 4.74 Å². The minimum atomic E-state index is 0.0678. The molecule has 1 amide bonds. The molecule has 2 aromatic carbocycles. The zero-order valence-electron chi connectivity index (χ0n) is 15.0. The van der Waals surface area contributed by atoms with Gasteiger partial charge in [-0.05, 0) is 35.2 Å². The quantitative estimate of drug-likeness (QED) is 0.910. The van der Waals surface area contributed by atoms with Crippen LogP contribution in [0, 0.1) is 0 Å². The first-order chi connectivity index (χ1) is 12.2. The predicted octanol–water partition coefficient (Wildman–Crippen LogP) is 3.18. The number of carbonyl (C=O) groups is 1. The maximum atomic E-state index is 13.1. The van der Waals surface area contributed by atoms with Crippen molar-refractivity contribution in [3.05, 3.63) is 70.8 Å². The van der Waals surface area contributed by atoms with Crippen LogP contribution >= 0.6 is 0 Å². The van der Waals surface area contributed by atoms with Gasteiger partial charge in [0.15, 0.2) is 0 Å². The van der Waals surface area contributed by atoms with Crippen molar-refractivity contribution in [3.8, 4) is 0 Å². The van der Waals surface area contributed by atoms with Gasteiger partial charge < -0.3 is 15.0 Å². The summed E-state index contributed by atoms with van der Waals surface area (Å²) in [7, 11) is 1.67.